The Kier molecular flexibility index (Phi) is 7.43. The zero-order valence-electron chi connectivity index (χ0n) is 10.6. The quantitative estimate of drug-likeness (QED) is 0.497. The summed E-state index contributed by atoms with van der Waals surface area (Å²) in [6.45, 7) is 1.62. The Hall–Kier alpha value is -1.75. The number of urea groups is 1. The fourth-order valence-electron chi connectivity index (χ4n) is 1.53. The first-order valence-electron chi connectivity index (χ1n) is 6.16. The Morgan fingerprint density at radius 2 is 1.89 bits per heavy atom. The molecule has 3 N–H and O–H groups in total. The third-order valence-corrected chi connectivity index (χ3v) is 2.87. The Balaban J connectivity index is 2.10. The standard InChI is InChI=1S/C13H18ClN3O2/c14-12-5-2-1-4-11(12)6-9-17-13(19)16-8-3-7-15-10-18/h1-2,4-5,10H,3,6-9H2,(H,15,18)(H2,16,17,19). The smallest absolute Gasteiger partial charge is 0.314 e. The van der Waals surface area contributed by atoms with Crippen LogP contribution in [0.4, 0.5) is 4.79 Å². The average Bonchev–Trinajstić information content (AvgIpc) is 2.41. The van der Waals surface area contributed by atoms with Gasteiger partial charge in [0.1, 0.15) is 0 Å². The molecule has 5 nitrogen and oxygen atoms in total. The van der Waals surface area contributed by atoms with Crippen molar-refractivity contribution in [3.05, 3.63) is 34.9 Å². The van der Waals surface area contributed by atoms with Gasteiger partial charge in [0.25, 0.3) is 0 Å². The minimum Gasteiger partial charge on any atom is -0.359 e. The lowest BCUT2D eigenvalue weighted by atomic mass is 10.1. The fraction of sp³-hybridized carbons (Fsp3) is 0.385. The maximum Gasteiger partial charge on any atom is 0.314 e. The SMILES string of the molecule is O=CNCCCNC(=O)NCCc1ccccc1Cl. The van der Waals surface area contributed by atoms with E-state index in [0.29, 0.717) is 43.9 Å². The van der Waals surface area contributed by atoms with Gasteiger partial charge in [-0.15, -0.1) is 0 Å². The number of carbonyl (C=O) groups is 2. The van der Waals surface area contributed by atoms with Crippen LogP contribution in [0.2, 0.25) is 5.02 Å². The van der Waals surface area contributed by atoms with Gasteiger partial charge in [-0.05, 0) is 24.5 Å². The molecule has 0 unspecified atom stereocenters. The van der Waals surface area contributed by atoms with E-state index in [1.54, 1.807) is 0 Å². The maximum absolute atomic E-state index is 11.4. The number of halogens is 1. The zero-order valence-corrected chi connectivity index (χ0v) is 11.4. The molecule has 19 heavy (non-hydrogen) atoms. The first-order chi connectivity index (χ1) is 9.24. The molecular formula is C13H18ClN3O2. The van der Waals surface area contributed by atoms with Crippen LogP contribution in [0.15, 0.2) is 24.3 Å². The second-order valence-corrected chi connectivity index (χ2v) is 4.36. The molecule has 0 heterocycles. The maximum atomic E-state index is 11.4. The lowest BCUT2D eigenvalue weighted by Crippen LogP contribution is -2.37. The highest BCUT2D eigenvalue weighted by Crippen LogP contribution is 2.14. The summed E-state index contributed by atoms with van der Waals surface area (Å²) in [5.74, 6) is 0. The fourth-order valence-corrected chi connectivity index (χ4v) is 1.76. The molecule has 0 atom stereocenters. The van der Waals surface area contributed by atoms with E-state index in [1.165, 1.54) is 0 Å². The summed E-state index contributed by atoms with van der Waals surface area (Å²) in [5, 5.41) is 8.69. The number of carbonyl (C=O) groups excluding carboxylic acids is 2. The van der Waals surface area contributed by atoms with Gasteiger partial charge in [-0.3, -0.25) is 4.79 Å². The van der Waals surface area contributed by atoms with Crippen LogP contribution in [-0.2, 0) is 11.2 Å². The van der Waals surface area contributed by atoms with E-state index < -0.39 is 0 Å². The number of benzene rings is 1. The van der Waals surface area contributed by atoms with Crippen molar-refractivity contribution in [1.82, 2.24) is 16.0 Å². The normalized spacial score (nSPS) is 9.74. The number of hydrogen-bond donors (Lipinski definition) is 3. The summed E-state index contributed by atoms with van der Waals surface area (Å²) in [7, 11) is 0. The van der Waals surface area contributed by atoms with Crippen LogP contribution < -0.4 is 16.0 Å². The summed E-state index contributed by atoms with van der Waals surface area (Å²) in [5.41, 5.74) is 1.01. The highest BCUT2D eigenvalue weighted by Gasteiger charge is 2.01. The van der Waals surface area contributed by atoms with Crippen LogP contribution in [0.1, 0.15) is 12.0 Å². The van der Waals surface area contributed by atoms with E-state index in [4.69, 9.17) is 11.6 Å². The number of amides is 3. The van der Waals surface area contributed by atoms with Crippen molar-refractivity contribution in [3.8, 4) is 0 Å². The second-order valence-electron chi connectivity index (χ2n) is 3.95. The van der Waals surface area contributed by atoms with E-state index in [0.717, 1.165) is 5.56 Å². The van der Waals surface area contributed by atoms with E-state index in [-0.39, 0.29) is 6.03 Å². The van der Waals surface area contributed by atoms with Crippen molar-refractivity contribution < 1.29 is 9.59 Å². The first-order valence-corrected chi connectivity index (χ1v) is 6.54. The lowest BCUT2D eigenvalue weighted by Gasteiger charge is -2.08. The van der Waals surface area contributed by atoms with Gasteiger partial charge in [0.05, 0.1) is 0 Å². The topological polar surface area (TPSA) is 70.2 Å². The molecule has 1 aromatic carbocycles. The predicted molar refractivity (Wildman–Crippen MR) is 75.2 cm³/mol. The van der Waals surface area contributed by atoms with Gasteiger partial charge in [0.2, 0.25) is 6.41 Å². The van der Waals surface area contributed by atoms with Crippen LogP contribution in [0.5, 0.6) is 0 Å². The number of hydrogen-bond acceptors (Lipinski definition) is 2. The van der Waals surface area contributed by atoms with Crippen molar-refractivity contribution in [2.45, 2.75) is 12.8 Å². The predicted octanol–water partition coefficient (Wildman–Crippen LogP) is 1.32. The Labute approximate surface area is 117 Å². The summed E-state index contributed by atoms with van der Waals surface area (Å²) in [6.07, 6.45) is 2.04. The lowest BCUT2D eigenvalue weighted by molar-refractivity contribution is -0.109. The molecule has 0 aliphatic rings. The molecule has 0 aromatic heterocycles. The molecule has 104 valence electrons. The summed E-state index contributed by atoms with van der Waals surface area (Å²) in [4.78, 5) is 21.4. The van der Waals surface area contributed by atoms with Crippen molar-refractivity contribution in [2.75, 3.05) is 19.6 Å². The molecule has 3 amide bonds. The third kappa shape index (κ3) is 6.67. The molecule has 1 rings (SSSR count). The summed E-state index contributed by atoms with van der Waals surface area (Å²) < 4.78 is 0. The summed E-state index contributed by atoms with van der Waals surface area (Å²) >= 11 is 6.01. The highest BCUT2D eigenvalue weighted by molar-refractivity contribution is 6.31. The van der Waals surface area contributed by atoms with Crippen LogP contribution >= 0.6 is 11.6 Å². The van der Waals surface area contributed by atoms with Crippen LogP contribution in [0.3, 0.4) is 0 Å². The van der Waals surface area contributed by atoms with Crippen molar-refractivity contribution in [2.24, 2.45) is 0 Å². The number of nitrogens with one attached hydrogen (secondary N) is 3. The molecule has 0 spiro atoms. The molecule has 0 aliphatic heterocycles. The van der Waals surface area contributed by atoms with Crippen LogP contribution in [0.25, 0.3) is 0 Å². The van der Waals surface area contributed by atoms with Gasteiger partial charge in [0.15, 0.2) is 0 Å². The monoisotopic (exact) mass is 283 g/mol. The van der Waals surface area contributed by atoms with E-state index in [1.807, 2.05) is 24.3 Å². The highest BCUT2D eigenvalue weighted by atomic mass is 35.5. The number of rotatable bonds is 8. The Morgan fingerprint density at radius 1 is 1.16 bits per heavy atom. The van der Waals surface area contributed by atoms with Crippen LogP contribution in [0, 0.1) is 0 Å². The average molecular weight is 284 g/mol. The molecule has 0 fully saturated rings. The Morgan fingerprint density at radius 3 is 2.63 bits per heavy atom. The molecule has 0 saturated carbocycles. The van der Waals surface area contributed by atoms with Gasteiger partial charge < -0.3 is 16.0 Å². The van der Waals surface area contributed by atoms with Gasteiger partial charge in [-0.25, -0.2) is 4.79 Å². The molecule has 0 saturated heterocycles. The van der Waals surface area contributed by atoms with Crippen molar-refractivity contribution >= 4 is 24.0 Å². The second kappa shape index (κ2) is 9.22. The summed E-state index contributed by atoms with van der Waals surface area (Å²) in [6, 6.07) is 7.35. The molecular weight excluding hydrogens is 266 g/mol. The Bertz CT molecular complexity index is 413. The van der Waals surface area contributed by atoms with Gasteiger partial charge >= 0.3 is 6.03 Å². The third-order valence-electron chi connectivity index (χ3n) is 2.50. The minimum atomic E-state index is -0.210. The molecule has 0 aliphatic carbocycles. The minimum absolute atomic E-state index is 0.210. The van der Waals surface area contributed by atoms with Gasteiger partial charge in [-0.2, -0.15) is 0 Å². The molecule has 0 radical (unpaired) electrons. The van der Waals surface area contributed by atoms with E-state index in [9.17, 15) is 9.59 Å². The van der Waals surface area contributed by atoms with Gasteiger partial charge in [0, 0.05) is 24.7 Å². The van der Waals surface area contributed by atoms with Crippen molar-refractivity contribution in [3.63, 3.8) is 0 Å². The molecule has 6 heteroatoms. The van der Waals surface area contributed by atoms with Crippen molar-refractivity contribution in [1.29, 1.82) is 0 Å². The molecule has 0 bridgehead atoms. The van der Waals surface area contributed by atoms with Gasteiger partial charge in [-0.1, -0.05) is 29.8 Å². The largest absolute Gasteiger partial charge is 0.359 e. The first kappa shape index (κ1) is 15.3. The molecule has 1 aromatic rings. The van der Waals surface area contributed by atoms with Crippen LogP contribution in [-0.4, -0.2) is 32.1 Å². The van der Waals surface area contributed by atoms with E-state index >= 15 is 0 Å². The zero-order chi connectivity index (χ0) is 13.9. The van der Waals surface area contributed by atoms with E-state index in [2.05, 4.69) is 16.0 Å².